The molecule has 0 bridgehead atoms. The van der Waals surface area contributed by atoms with Crippen molar-refractivity contribution >= 4 is 32.8 Å². The molecule has 2 N–H and O–H groups in total. The summed E-state index contributed by atoms with van der Waals surface area (Å²) in [6.07, 6.45) is 5.45. The number of aromatic nitrogens is 2. The number of pyridine rings is 2. The van der Waals surface area contributed by atoms with E-state index in [1.807, 2.05) is 19.9 Å². The van der Waals surface area contributed by atoms with Crippen molar-refractivity contribution in [2.24, 2.45) is 0 Å². The maximum atomic E-state index is 13.7. The zero-order chi connectivity index (χ0) is 26.7. The average molecular weight is 538 g/mol. The lowest BCUT2D eigenvalue weighted by atomic mass is 10.0. The molecular formula is C28H28ClN3O4S. The first kappa shape index (κ1) is 26.4. The lowest BCUT2D eigenvalue weighted by Gasteiger charge is -2.25. The molecule has 0 aliphatic heterocycles. The van der Waals surface area contributed by atoms with Gasteiger partial charge >= 0.3 is 0 Å². The molecular weight excluding hydrogens is 510 g/mol. The van der Waals surface area contributed by atoms with Crippen molar-refractivity contribution in [3.05, 3.63) is 83.3 Å². The van der Waals surface area contributed by atoms with Crippen LogP contribution < -0.4 is 4.90 Å². The Morgan fingerprint density at radius 2 is 1.78 bits per heavy atom. The van der Waals surface area contributed by atoms with Crippen LogP contribution in [-0.2, 0) is 16.3 Å². The smallest absolute Gasteiger partial charge is 0.234 e. The molecule has 7 nitrogen and oxygen atoms in total. The summed E-state index contributed by atoms with van der Waals surface area (Å²) >= 11 is 6.17. The quantitative estimate of drug-likeness (QED) is 0.266. The Bertz CT molecular complexity index is 1540. The molecule has 37 heavy (non-hydrogen) atoms. The third kappa shape index (κ3) is 5.26. The van der Waals surface area contributed by atoms with E-state index in [0.29, 0.717) is 22.8 Å². The highest BCUT2D eigenvalue weighted by Crippen LogP contribution is 2.45. The van der Waals surface area contributed by atoms with Crippen LogP contribution >= 0.6 is 11.6 Å². The van der Waals surface area contributed by atoms with Crippen molar-refractivity contribution in [2.75, 3.05) is 11.9 Å². The van der Waals surface area contributed by atoms with E-state index in [1.54, 1.807) is 60.7 Å². The van der Waals surface area contributed by atoms with Crippen molar-refractivity contribution in [1.82, 2.24) is 9.97 Å². The molecule has 0 aliphatic rings. The fraction of sp³-hybridized carbons (Fsp3) is 0.214. The maximum absolute atomic E-state index is 13.7. The van der Waals surface area contributed by atoms with Crippen LogP contribution in [0.4, 0.5) is 11.4 Å². The van der Waals surface area contributed by atoms with Gasteiger partial charge in [0.1, 0.15) is 5.69 Å². The van der Waals surface area contributed by atoms with Gasteiger partial charge in [-0.2, -0.15) is 0 Å². The molecule has 0 saturated carbocycles. The summed E-state index contributed by atoms with van der Waals surface area (Å²) in [4.78, 5) is 9.26. The SMILES string of the molecule is CCCCc1nc(O)c(S(=O)(=O)c2ccc(-c3ccncc3C)cc2)c(O)c1N(C)c1cccc(Cl)c1. The van der Waals surface area contributed by atoms with Gasteiger partial charge in [-0.25, -0.2) is 13.4 Å². The summed E-state index contributed by atoms with van der Waals surface area (Å²) in [5, 5.41) is 22.6. The number of hydrogen-bond donors (Lipinski definition) is 2. The maximum Gasteiger partial charge on any atom is 0.234 e. The minimum Gasteiger partial charge on any atom is -0.504 e. The normalized spacial score (nSPS) is 11.5. The van der Waals surface area contributed by atoms with Crippen LogP contribution in [-0.4, -0.2) is 35.6 Å². The first-order chi connectivity index (χ1) is 17.6. The highest BCUT2D eigenvalue weighted by Gasteiger charge is 2.32. The number of hydrogen-bond acceptors (Lipinski definition) is 7. The minimum atomic E-state index is -4.32. The lowest BCUT2D eigenvalue weighted by Crippen LogP contribution is -2.15. The van der Waals surface area contributed by atoms with Crippen molar-refractivity contribution in [3.8, 4) is 22.8 Å². The first-order valence-electron chi connectivity index (χ1n) is 11.8. The molecule has 9 heteroatoms. The van der Waals surface area contributed by atoms with Gasteiger partial charge in [0.15, 0.2) is 10.6 Å². The van der Waals surface area contributed by atoms with E-state index < -0.39 is 26.4 Å². The lowest BCUT2D eigenvalue weighted by molar-refractivity contribution is 0.405. The van der Waals surface area contributed by atoms with E-state index in [1.165, 1.54) is 12.1 Å². The summed E-state index contributed by atoms with van der Waals surface area (Å²) in [7, 11) is -2.63. The fourth-order valence-corrected chi connectivity index (χ4v) is 5.79. The highest BCUT2D eigenvalue weighted by molar-refractivity contribution is 7.91. The van der Waals surface area contributed by atoms with Gasteiger partial charge < -0.3 is 15.1 Å². The van der Waals surface area contributed by atoms with E-state index in [2.05, 4.69) is 9.97 Å². The third-order valence-corrected chi connectivity index (χ3v) is 8.26. The van der Waals surface area contributed by atoms with Gasteiger partial charge in [0.25, 0.3) is 0 Å². The van der Waals surface area contributed by atoms with Gasteiger partial charge in [-0.05, 0) is 72.9 Å². The molecule has 0 saturated heterocycles. The van der Waals surface area contributed by atoms with Crippen LogP contribution in [0.1, 0.15) is 31.0 Å². The summed E-state index contributed by atoms with van der Waals surface area (Å²) in [6, 6.07) is 15.1. The van der Waals surface area contributed by atoms with E-state index in [0.717, 1.165) is 29.5 Å². The van der Waals surface area contributed by atoms with Gasteiger partial charge in [0, 0.05) is 30.2 Å². The minimum absolute atomic E-state index is 0.0759. The zero-order valence-corrected chi connectivity index (χ0v) is 22.4. The van der Waals surface area contributed by atoms with Gasteiger partial charge in [-0.15, -0.1) is 0 Å². The van der Waals surface area contributed by atoms with Gasteiger partial charge in [-0.1, -0.05) is 43.1 Å². The van der Waals surface area contributed by atoms with Gasteiger partial charge in [-0.3, -0.25) is 4.98 Å². The third-order valence-electron chi connectivity index (χ3n) is 6.22. The number of sulfone groups is 1. The van der Waals surface area contributed by atoms with E-state index in [9.17, 15) is 18.6 Å². The van der Waals surface area contributed by atoms with Crippen LogP contribution in [0.25, 0.3) is 11.1 Å². The fourth-order valence-electron chi connectivity index (χ4n) is 4.24. The molecule has 4 rings (SSSR count). The molecule has 0 radical (unpaired) electrons. The molecule has 2 aromatic heterocycles. The number of unbranched alkanes of at least 4 members (excludes halogenated alkanes) is 1. The van der Waals surface area contributed by atoms with Crippen LogP contribution in [0.15, 0.2) is 76.8 Å². The Morgan fingerprint density at radius 3 is 2.43 bits per heavy atom. The Kier molecular flexibility index (Phi) is 7.71. The van der Waals surface area contributed by atoms with Crippen LogP contribution in [0.3, 0.4) is 0 Å². The second kappa shape index (κ2) is 10.8. The predicted molar refractivity (Wildman–Crippen MR) is 146 cm³/mol. The predicted octanol–water partition coefficient (Wildman–Crippen LogP) is 6.46. The number of aromatic hydroxyl groups is 2. The number of benzene rings is 2. The van der Waals surface area contributed by atoms with Crippen LogP contribution in [0.2, 0.25) is 5.02 Å². The molecule has 2 heterocycles. The van der Waals surface area contributed by atoms with E-state index >= 15 is 0 Å². The molecule has 4 aromatic rings. The van der Waals surface area contributed by atoms with Crippen LogP contribution in [0.5, 0.6) is 11.6 Å². The van der Waals surface area contributed by atoms with Crippen molar-refractivity contribution in [2.45, 2.75) is 42.9 Å². The largest absolute Gasteiger partial charge is 0.504 e. The number of halogens is 1. The van der Waals surface area contributed by atoms with Crippen LogP contribution in [0, 0.1) is 6.92 Å². The molecule has 2 aromatic carbocycles. The molecule has 0 atom stereocenters. The topological polar surface area (TPSA) is 104 Å². The summed E-state index contributed by atoms with van der Waals surface area (Å²) < 4.78 is 27.3. The van der Waals surface area contributed by atoms with Crippen molar-refractivity contribution < 1.29 is 18.6 Å². The number of rotatable bonds is 8. The average Bonchev–Trinajstić information content (AvgIpc) is 2.87. The molecule has 0 fully saturated rings. The molecule has 0 aliphatic carbocycles. The van der Waals surface area contributed by atoms with Crippen molar-refractivity contribution in [1.29, 1.82) is 0 Å². The summed E-state index contributed by atoms with van der Waals surface area (Å²) in [5.41, 5.74) is 3.93. The van der Waals surface area contributed by atoms with E-state index in [4.69, 9.17) is 11.6 Å². The van der Waals surface area contributed by atoms with Crippen molar-refractivity contribution in [3.63, 3.8) is 0 Å². The number of anilines is 2. The number of nitrogens with zero attached hydrogens (tertiary/aromatic N) is 3. The second-order valence-corrected chi connectivity index (χ2v) is 11.1. The summed E-state index contributed by atoms with van der Waals surface area (Å²) in [6.45, 7) is 3.93. The van der Waals surface area contributed by atoms with E-state index in [-0.39, 0.29) is 10.6 Å². The zero-order valence-electron chi connectivity index (χ0n) is 20.8. The Balaban J connectivity index is 1.84. The Morgan fingerprint density at radius 1 is 1.05 bits per heavy atom. The first-order valence-corrected chi connectivity index (χ1v) is 13.7. The molecule has 192 valence electrons. The molecule has 0 amide bonds. The van der Waals surface area contributed by atoms with Gasteiger partial charge in [0.05, 0.1) is 10.6 Å². The standard InChI is InChI=1S/C28H28ClN3O4S/c1-4-5-9-24-25(32(3)21-8-6-7-20(29)16-21)26(33)27(28(34)31-24)37(35,36)22-12-10-19(11-13-22)23-14-15-30-17-18(23)2/h6-8,10-17H,4-5,9H2,1-3H3,(H2,31,33,34). The Hall–Kier alpha value is -3.62. The summed E-state index contributed by atoms with van der Waals surface area (Å²) in [5.74, 6) is -1.30. The van der Waals surface area contributed by atoms with Gasteiger partial charge in [0.2, 0.25) is 15.7 Å². The second-order valence-electron chi connectivity index (χ2n) is 8.77. The molecule has 0 unspecified atom stereocenters. The Labute approximate surface area is 222 Å². The monoisotopic (exact) mass is 537 g/mol. The number of aryl methyl sites for hydroxylation is 2. The molecule has 0 spiro atoms. The highest BCUT2D eigenvalue weighted by atomic mass is 35.5.